The zero-order valence-electron chi connectivity index (χ0n) is 3.46. The fourth-order valence-corrected chi connectivity index (χ4v) is 0. The second kappa shape index (κ2) is 23.5. The van der Waals surface area contributed by atoms with E-state index in [-0.39, 0.29) is 0 Å². The lowest BCUT2D eigenvalue weighted by atomic mass is 11.0. The van der Waals surface area contributed by atoms with Crippen molar-refractivity contribution in [3.05, 3.63) is 0 Å². The average Bonchev–Trinajstić information content (AvgIpc) is 1.46. The van der Waals surface area contributed by atoms with Crippen molar-refractivity contribution >= 4 is 23.2 Å². The lowest BCUT2D eigenvalue weighted by molar-refractivity contribution is 1.51. The van der Waals surface area contributed by atoms with E-state index in [0.29, 0.717) is 0 Å². The first kappa shape index (κ1) is 9.13. The van der Waals surface area contributed by atoms with Gasteiger partial charge in [-0.15, -0.1) is 23.2 Å². The van der Waals surface area contributed by atoms with E-state index >= 15 is 0 Å². The summed E-state index contributed by atoms with van der Waals surface area (Å²) >= 11 is 9.64. The molecular weight excluding hydrogens is 107 g/mol. The Morgan fingerprint density at radius 1 is 1.40 bits per heavy atom. The molecule has 0 spiro atoms. The van der Waals surface area contributed by atoms with Gasteiger partial charge in [0.05, 0.1) is 0 Å². The number of hydrogen-bond donors (Lipinski definition) is 0. The van der Waals surface area contributed by atoms with Crippen LogP contribution in [0.25, 0.3) is 0 Å². The van der Waals surface area contributed by atoms with Crippen LogP contribution in [0.1, 0.15) is 6.92 Å². The summed E-state index contributed by atoms with van der Waals surface area (Å²) in [5, 5.41) is 0. The van der Waals surface area contributed by atoms with E-state index in [0.717, 1.165) is 5.88 Å². The van der Waals surface area contributed by atoms with Crippen LogP contribution in [0.2, 0.25) is 0 Å². The molecule has 0 amide bonds. The van der Waals surface area contributed by atoms with Gasteiger partial charge >= 0.3 is 0 Å². The molecule has 0 atom stereocenters. The van der Waals surface area contributed by atoms with Crippen LogP contribution in [0.3, 0.4) is 0 Å². The van der Waals surface area contributed by atoms with Crippen LogP contribution in [-0.4, -0.2) is 12.3 Å². The number of hydrogen-bond acceptors (Lipinski definition) is 0. The molecule has 0 fully saturated rings. The van der Waals surface area contributed by atoms with Crippen molar-refractivity contribution in [1.29, 1.82) is 0 Å². The van der Waals surface area contributed by atoms with Gasteiger partial charge < -0.3 is 0 Å². The molecule has 0 unspecified atom stereocenters. The van der Waals surface area contributed by atoms with E-state index in [2.05, 4.69) is 11.6 Å². The highest BCUT2D eigenvalue weighted by molar-refractivity contribution is 6.17. The summed E-state index contributed by atoms with van der Waals surface area (Å²) in [6.45, 7) is 1.89. The number of alkyl halides is 2. The van der Waals surface area contributed by atoms with Gasteiger partial charge in [-0.3, -0.25) is 0 Å². The zero-order chi connectivity index (χ0) is 4.71. The Balaban J connectivity index is 0. The largest absolute Gasteiger partial charge is 0.130 e. The molecule has 0 rings (SSSR count). The van der Waals surface area contributed by atoms with E-state index in [1.54, 1.807) is 0 Å². The van der Waals surface area contributed by atoms with Crippen molar-refractivity contribution in [1.82, 2.24) is 0 Å². The molecule has 0 aliphatic heterocycles. The van der Waals surface area contributed by atoms with Crippen LogP contribution in [0.4, 0.5) is 0 Å². The Kier molecular flexibility index (Phi) is 42.9. The quantitative estimate of drug-likeness (QED) is 0.424. The SMILES string of the molecule is CCCl.CCl. The first-order valence-corrected chi connectivity index (χ1v) is 2.64. The minimum absolute atomic E-state index is 0.722. The van der Waals surface area contributed by atoms with Gasteiger partial charge in [0.1, 0.15) is 0 Å². The molecule has 0 saturated carbocycles. The van der Waals surface area contributed by atoms with Crippen molar-refractivity contribution in [2.75, 3.05) is 12.3 Å². The molecule has 0 heterocycles. The topological polar surface area (TPSA) is 0 Å². The van der Waals surface area contributed by atoms with Crippen LogP contribution < -0.4 is 0 Å². The lowest BCUT2D eigenvalue weighted by Crippen LogP contribution is -1.36. The molecule has 0 aromatic heterocycles. The van der Waals surface area contributed by atoms with Crippen molar-refractivity contribution in [2.45, 2.75) is 6.92 Å². The van der Waals surface area contributed by atoms with Crippen LogP contribution in [-0.2, 0) is 0 Å². The predicted molar refractivity (Wildman–Crippen MR) is 28.2 cm³/mol. The Morgan fingerprint density at radius 2 is 1.40 bits per heavy atom. The average molecular weight is 115 g/mol. The molecule has 0 N–H and O–H groups in total. The maximum Gasteiger partial charge on any atom is 0.0195 e. The summed E-state index contributed by atoms with van der Waals surface area (Å²) in [5.41, 5.74) is 0. The van der Waals surface area contributed by atoms with Gasteiger partial charge in [0.15, 0.2) is 0 Å². The second-order valence-electron chi connectivity index (χ2n) is 0.267. The summed E-state index contributed by atoms with van der Waals surface area (Å²) < 4.78 is 0. The van der Waals surface area contributed by atoms with Crippen molar-refractivity contribution in [2.24, 2.45) is 0 Å². The molecule has 0 aliphatic rings. The molecule has 0 aromatic carbocycles. The van der Waals surface area contributed by atoms with Crippen LogP contribution >= 0.6 is 23.2 Å². The van der Waals surface area contributed by atoms with Gasteiger partial charge in [-0.25, -0.2) is 0 Å². The summed E-state index contributed by atoms with van der Waals surface area (Å²) in [7, 11) is 0. The number of rotatable bonds is 0. The van der Waals surface area contributed by atoms with Crippen LogP contribution in [0.5, 0.6) is 0 Å². The van der Waals surface area contributed by atoms with Crippen LogP contribution in [0, 0.1) is 0 Å². The molecule has 5 heavy (non-hydrogen) atoms. The monoisotopic (exact) mass is 114 g/mol. The third-order valence-electron chi connectivity index (χ3n) is 0. The maximum atomic E-state index is 5.00. The fourth-order valence-electron chi connectivity index (χ4n) is 0. The standard InChI is InChI=1S/C2H5Cl.CH3Cl/c1-2-3;1-2/h2H2,1H3;1H3. The van der Waals surface area contributed by atoms with E-state index in [1.165, 1.54) is 6.38 Å². The number of halogens is 2. The molecular formula is C3H8Cl2. The van der Waals surface area contributed by atoms with E-state index < -0.39 is 0 Å². The Hall–Kier alpha value is 0.580. The van der Waals surface area contributed by atoms with Crippen molar-refractivity contribution < 1.29 is 0 Å². The van der Waals surface area contributed by atoms with E-state index in [4.69, 9.17) is 11.6 Å². The maximum absolute atomic E-state index is 5.00. The predicted octanol–water partition coefficient (Wildman–Crippen LogP) is 2.10. The normalized spacial score (nSPS) is 4.80. The van der Waals surface area contributed by atoms with Gasteiger partial charge in [0.2, 0.25) is 0 Å². The zero-order valence-corrected chi connectivity index (χ0v) is 4.97. The molecule has 34 valence electrons. The first-order chi connectivity index (χ1) is 2.41. The molecule has 0 aliphatic carbocycles. The molecule has 0 radical (unpaired) electrons. The molecule has 2 heteroatoms. The Bertz CT molecular complexity index is 4.85. The molecule has 0 saturated heterocycles. The summed E-state index contributed by atoms with van der Waals surface area (Å²) in [6.07, 6.45) is 1.47. The van der Waals surface area contributed by atoms with E-state index in [9.17, 15) is 0 Å². The molecule has 0 nitrogen and oxygen atoms in total. The third kappa shape index (κ3) is 90.6. The fraction of sp³-hybridized carbons (Fsp3) is 1.00. The highest BCUT2D eigenvalue weighted by atomic mass is 35.5. The summed E-state index contributed by atoms with van der Waals surface area (Å²) in [4.78, 5) is 0. The van der Waals surface area contributed by atoms with Crippen molar-refractivity contribution in [3.8, 4) is 0 Å². The Morgan fingerprint density at radius 3 is 1.40 bits per heavy atom. The summed E-state index contributed by atoms with van der Waals surface area (Å²) in [6, 6.07) is 0. The third-order valence-corrected chi connectivity index (χ3v) is 0. The Labute approximate surface area is 43.1 Å². The molecule has 0 bridgehead atoms. The highest BCUT2D eigenvalue weighted by Gasteiger charge is 1.38. The summed E-state index contributed by atoms with van der Waals surface area (Å²) in [5.74, 6) is 0.722. The van der Waals surface area contributed by atoms with Crippen LogP contribution in [0.15, 0.2) is 0 Å². The van der Waals surface area contributed by atoms with Crippen molar-refractivity contribution in [3.63, 3.8) is 0 Å². The first-order valence-electron chi connectivity index (χ1n) is 1.35. The van der Waals surface area contributed by atoms with Gasteiger partial charge in [-0.2, -0.15) is 0 Å². The highest BCUT2D eigenvalue weighted by Crippen LogP contribution is 1.59. The van der Waals surface area contributed by atoms with Gasteiger partial charge in [-0.05, 0) is 0 Å². The molecule has 0 aromatic rings. The smallest absolute Gasteiger partial charge is 0.0195 e. The minimum Gasteiger partial charge on any atom is -0.130 e. The van der Waals surface area contributed by atoms with Gasteiger partial charge in [0, 0.05) is 12.3 Å². The van der Waals surface area contributed by atoms with Gasteiger partial charge in [-0.1, -0.05) is 6.92 Å². The second-order valence-corrected chi connectivity index (χ2v) is 0.802. The van der Waals surface area contributed by atoms with E-state index in [1.807, 2.05) is 6.92 Å². The minimum atomic E-state index is 0.722. The van der Waals surface area contributed by atoms with Gasteiger partial charge in [0.25, 0.3) is 0 Å². The lowest BCUT2D eigenvalue weighted by Gasteiger charge is -1.45.